The van der Waals surface area contributed by atoms with Crippen LogP contribution in [0.3, 0.4) is 0 Å². The van der Waals surface area contributed by atoms with Crippen molar-refractivity contribution in [2.24, 2.45) is 7.05 Å². The van der Waals surface area contributed by atoms with Crippen LogP contribution in [0.2, 0.25) is 0 Å². The Kier molecular flexibility index (Phi) is 5.63. The van der Waals surface area contributed by atoms with Crippen LogP contribution in [0.15, 0.2) is 32.6 Å². The van der Waals surface area contributed by atoms with Gasteiger partial charge in [-0.25, -0.2) is 4.98 Å². The number of nitrogens with zero attached hydrogens (tertiary/aromatic N) is 3. The highest BCUT2D eigenvalue weighted by molar-refractivity contribution is 9.10. The lowest BCUT2D eigenvalue weighted by atomic mass is 10.2. The zero-order valence-corrected chi connectivity index (χ0v) is 15.2. The lowest BCUT2D eigenvalue weighted by molar-refractivity contribution is -0.127. The fourth-order valence-corrected chi connectivity index (χ4v) is 3.38. The number of halogens is 1. The van der Waals surface area contributed by atoms with Gasteiger partial charge in [-0.1, -0.05) is 27.7 Å². The predicted octanol–water partition coefficient (Wildman–Crippen LogP) is 2.66. The quantitative estimate of drug-likeness (QED) is 0.588. The second kappa shape index (κ2) is 7.28. The number of amides is 1. The molecule has 0 atom stereocenters. The maximum atomic E-state index is 12.4. The number of rotatable bonds is 5. The fraction of sp³-hybridized carbons (Fsp3) is 0.400. The summed E-state index contributed by atoms with van der Waals surface area (Å²) in [6.45, 7) is 5.28. The van der Waals surface area contributed by atoms with Crippen molar-refractivity contribution < 1.29 is 4.79 Å². The minimum Gasteiger partial charge on any atom is -0.343 e. The van der Waals surface area contributed by atoms with E-state index in [1.165, 1.54) is 16.3 Å². The average Bonchev–Trinajstić information content (AvgIpc) is 2.51. The highest BCUT2D eigenvalue weighted by Gasteiger charge is 2.14. The molecule has 0 unspecified atom stereocenters. The van der Waals surface area contributed by atoms with E-state index in [9.17, 15) is 9.59 Å². The Morgan fingerprint density at radius 1 is 1.36 bits per heavy atom. The van der Waals surface area contributed by atoms with Crippen LogP contribution in [0.5, 0.6) is 0 Å². The molecule has 0 spiro atoms. The van der Waals surface area contributed by atoms with Gasteiger partial charge in [0, 0.05) is 24.6 Å². The van der Waals surface area contributed by atoms with E-state index in [-0.39, 0.29) is 17.2 Å². The summed E-state index contributed by atoms with van der Waals surface area (Å²) < 4.78 is 2.34. The third-order valence-electron chi connectivity index (χ3n) is 3.44. The molecule has 0 saturated heterocycles. The SMILES string of the molecule is CCN(CC)C(=O)CSc1nc2ccc(Br)cc2c(=O)n1C. The van der Waals surface area contributed by atoms with Crippen molar-refractivity contribution in [1.29, 1.82) is 0 Å². The molecule has 0 fully saturated rings. The van der Waals surface area contributed by atoms with Gasteiger partial charge in [0.1, 0.15) is 0 Å². The summed E-state index contributed by atoms with van der Waals surface area (Å²) in [5.74, 6) is 0.337. The Hall–Kier alpha value is -1.34. The summed E-state index contributed by atoms with van der Waals surface area (Å²) in [5, 5.41) is 1.12. The van der Waals surface area contributed by atoms with E-state index in [1.54, 1.807) is 24.1 Å². The first-order valence-corrected chi connectivity index (χ1v) is 8.82. The Morgan fingerprint density at radius 3 is 2.68 bits per heavy atom. The van der Waals surface area contributed by atoms with Crippen molar-refractivity contribution in [2.45, 2.75) is 19.0 Å². The molecule has 1 amide bonds. The van der Waals surface area contributed by atoms with Crippen molar-refractivity contribution in [3.05, 3.63) is 33.0 Å². The number of fused-ring (bicyclic) bond motifs is 1. The molecule has 0 radical (unpaired) electrons. The number of hydrogen-bond donors (Lipinski definition) is 0. The first kappa shape index (κ1) is 17.0. The third-order valence-corrected chi connectivity index (χ3v) is 4.95. The van der Waals surface area contributed by atoms with Crippen molar-refractivity contribution in [2.75, 3.05) is 18.8 Å². The van der Waals surface area contributed by atoms with E-state index in [2.05, 4.69) is 20.9 Å². The lowest BCUT2D eigenvalue weighted by Gasteiger charge is -2.18. The molecule has 118 valence electrons. The van der Waals surface area contributed by atoms with Crippen molar-refractivity contribution in [3.8, 4) is 0 Å². The molecule has 2 aromatic rings. The Labute approximate surface area is 141 Å². The molecule has 0 saturated carbocycles. The van der Waals surface area contributed by atoms with Crippen LogP contribution in [-0.2, 0) is 11.8 Å². The molecule has 1 heterocycles. The maximum absolute atomic E-state index is 12.4. The van der Waals surface area contributed by atoms with Gasteiger partial charge in [0.25, 0.3) is 5.56 Å². The molecule has 0 aliphatic heterocycles. The number of aromatic nitrogens is 2. The Bertz CT molecular complexity index is 756. The molecule has 7 heteroatoms. The molecule has 1 aromatic heterocycles. The molecule has 2 rings (SSSR count). The van der Waals surface area contributed by atoms with Crippen molar-refractivity contribution in [3.63, 3.8) is 0 Å². The van der Waals surface area contributed by atoms with E-state index in [0.29, 0.717) is 29.1 Å². The van der Waals surface area contributed by atoms with Crippen LogP contribution in [0, 0.1) is 0 Å². The zero-order valence-electron chi connectivity index (χ0n) is 12.8. The van der Waals surface area contributed by atoms with E-state index < -0.39 is 0 Å². The molecule has 0 aliphatic carbocycles. The van der Waals surface area contributed by atoms with Gasteiger partial charge < -0.3 is 4.90 Å². The Morgan fingerprint density at radius 2 is 2.05 bits per heavy atom. The van der Waals surface area contributed by atoms with Gasteiger partial charge in [0.05, 0.1) is 16.7 Å². The highest BCUT2D eigenvalue weighted by atomic mass is 79.9. The van der Waals surface area contributed by atoms with Gasteiger partial charge in [-0.05, 0) is 32.0 Å². The Balaban J connectivity index is 2.29. The summed E-state index contributed by atoms with van der Waals surface area (Å²) in [5.41, 5.74) is 0.535. The van der Waals surface area contributed by atoms with Gasteiger partial charge in [-0.2, -0.15) is 0 Å². The second-order valence-electron chi connectivity index (χ2n) is 4.77. The number of hydrogen-bond acceptors (Lipinski definition) is 4. The molecule has 0 aliphatic rings. The first-order chi connectivity index (χ1) is 10.5. The number of thioether (sulfide) groups is 1. The fourth-order valence-electron chi connectivity index (χ4n) is 2.15. The van der Waals surface area contributed by atoms with E-state index in [0.717, 1.165) is 4.47 Å². The van der Waals surface area contributed by atoms with Crippen LogP contribution < -0.4 is 5.56 Å². The molecule has 5 nitrogen and oxygen atoms in total. The minimum absolute atomic E-state index is 0.0557. The molecule has 1 aromatic carbocycles. The van der Waals surface area contributed by atoms with Crippen LogP contribution in [0.25, 0.3) is 10.9 Å². The molecular weight excluding hydrogens is 366 g/mol. The van der Waals surface area contributed by atoms with Crippen LogP contribution >= 0.6 is 27.7 Å². The van der Waals surface area contributed by atoms with Crippen LogP contribution in [0.1, 0.15) is 13.8 Å². The first-order valence-electron chi connectivity index (χ1n) is 7.04. The summed E-state index contributed by atoms with van der Waals surface area (Å²) in [4.78, 5) is 30.7. The molecular formula is C15H18BrN3O2S. The lowest BCUT2D eigenvalue weighted by Crippen LogP contribution is -2.32. The van der Waals surface area contributed by atoms with Gasteiger partial charge in [-0.3, -0.25) is 14.2 Å². The smallest absolute Gasteiger partial charge is 0.261 e. The average molecular weight is 384 g/mol. The van der Waals surface area contributed by atoms with Crippen LogP contribution in [-0.4, -0.2) is 39.2 Å². The largest absolute Gasteiger partial charge is 0.343 e. The maximum Gasteiger partial charge on any atom is 0.261 e. The molecule has 0 bridgehead atoms. The molecule has 22 heavy (non-hydrogen) atoms. The van der Waals surface area contributed by atoms with Gasteiger partial charge in [0.2, 0.25) is 5.91 Å². The predicted molar refractivity (Wildman–Crippen MR) is 93.3 cm³/mol. The summed E-state index contributed by atoms with van der Waals surface area (Å²) >= 11 is 4.66. The summed E-state index contributed by atoms with van der Waals surface area (Å²) in [6.07, 6.45) is 0. The van der Waals surface area contributed by atoms with Crippen molar-refractivity contribution in [1.82, 2.24) is 14.5 Å². The summed E-state index contributed by atoms with van der Waals surface area (Å²) in [6, 6.07) is 5.42. The van der Waals surface area contributed by atoms with E-state index >= 15 is 0 Å². The topological polar surface area (TPSA) is 55.2 Å². The van der Waals surface area contributed by atoms with E-state index in [1.807, 2.05) is 19.9 Å². The zero-order chi connectivity index (χ0) is 16.3. The third kappa shape index (κ3) is 3.52. The normalized spacial score (nSPS) is 10.9. The number of carbonyl (C=O) groups is 1. The number of carbonyl (C=O) groups excluding carboxylic acids is 1. The van der Waals surface area contributed by atoms with Gasteiger partial charge in [-0.15, -0.1) is 0 Å². The van der Waals surface area contributed by atoms with Gasteiger partial charge in [0.15, 0.2) is 5.16 Å². The monoisotopic (exact) mass is 383 g/mol. The molecule has 0 N–H and O–H groups in total. The standard InChI is InChI=1S/C15H18BrN3O2S/c1-4-19(5-2)13(20)9-22-15-17-12-7-6-10(16)8-11(12)14(21)18(15)3/h6-8H,4-5,9H2,1-3H3. The van der Waals surface area contributed by atoms with Gasteiger partial charge >= 0.3 is 0 Å². The summed E-state index contributed by atoms with van der Waals surface area (Å²) in [7, 11) is 1.68. The minimum atomic E-state index is -0.107. The highest BCUT2D eigenvalue weighted by Crippen LogP contribution is 2.20. The van der Waals surface area contributed by atoms with Crippen LogP contribution in [0.4, 0.5) is 0 Å². The second-order valence-corrected chi connectivity index (χ2v) is 6.63. The van der Waals surface area contributed by atoms with Crippen molar-refractivity contribution >= 4 is 44.5 Å². The van der Waals surface area contributed by atoms with E-state index in [4.69, 9.17) is 0 Å². The number of benzene rings is 1.